The van der Waals surface area contributed by atoms with Gasteiger partial charge in [0.1, 0.15) is 5.01 Å². The lowest BCUT2D eigenvalue weighted by molar-refractivity contribution is 0.200. The summed E-state index contributed by atoms with van der Waals surface area (Å²) in [7, 11) is 0. The summed E-state index contributed by atoms with van der Waals surface area (Å²) in [5, 5.41) is 4.02. The van der Waals surface area contributed by atoms with Gasteiger partial charge in [0.05, 0.1) is 10.2 Å². The molecular weight excluding hydrogens is 330 g/mol. The van der Waals surface area contributed by atoms with Crippen LogP contribution in [-0.4, -0.2) is 29.0 Å². The number of aromatic nitrogens is 1. The summed E-state index contributed by atoms with van der Waals surface area (Å²) in [6.45, 7) is 3.78. The van der Waals surface area contributed by atoms with Crippen LogP contribution in [0.3, 0.4) is 0 Å². The van der Waals surface area contributed by atoms with Crippen LogP contribution in [0.5, 0.6) is 0 Å². The van der Waals surface area contributed by atoms with Gasteiger partial charge in [-0.05, 0) is 44.4 Å². The lowest BCUT2D eigenvalue weighted by atomic mass is 10.1. The molecule has 0 atom stereocenters. The van der Waals surface area contributed by atoms with Gasteiger partial charge in [0, 0.05) is 24.3 Å². The van der Waals surface area contributed by atoms with Crippen molar-refractivity contribution in [3.63, 3.8) is 0 Å². The second-order valence-corrected chi connectivity index (χ2v) is 7.58. The number of benzene rings is 2. The van der Waals surface area contributed by atoms with Crippen molar-refractivity contribution in [3.05, 3.63) is 48.0 Å². The number of aryl methyl sites for hydroxylation is 1. The summed E-state index contributed by atoms with van der Waals surface area (Å²) in [6.07, 6.45) is 3.41. The number of likely N-dealkylation sites (tertiary alicyclic amines) is 1. The molecule has 0 unspecified atom stereocenters. The van der Waals surface area contributed by atoms with Crippen LogP contribution < -0.4 is 5.32 Å². The van der Waals surface area contributed by atoms with Crippen LogP contribution in [0.4, 0.5) is 10.5 Å². The average Bonchev–Trinajstić information content (AvgIpc) is 3.06. The summed E-state index contributed by atoms with van der Waals surface area (Å²) >= 11 is 1.68. The Morgan fingerprint density at radius 1 is 1.08 bits per heavy atom. The zero-order valence-electron chi connectivity index (χ0n) is 14.3. The highest BCUT2D eigenvalue weighted by Gasteiger charge is 2.16. The SMILES string of the molecule is Cc1ccc(-c2nc3cc(NC(=O)N4CCCCC4)ccc3s2)cc1. The Balaban J connectivity index is 1.55. The Morgan fingerprint density at radius 2 is 1.84 bits per heavy atom. The van der Waals surface area contributed by atoms with E-state index in [4.69, 9.17) is 4.98 Å². The van der Waals surface area contributed by atoms with Crippen molar-refractivity contribution in [2.45, 2.75) is 26.2 Å². The van der Waals surface area contributed by atoms with Crippen LogP contribution in [0.15, 0.2) is 42.5 Å². The number of hydrogen-bond donors (Lipinski definition) is 1. The van der Waals surface area contributed by atoms with Gasteiger partial charge in [-0.15, -0.1) is 11.3 Å². The van der Waals surface area contributed by atoms with Gasteiger partial charge in [0.25, 0.3) is 0 Å². The third-order valence-corrected chi connectivity index (χ3v) is 5.67. The number of anilines is 1. The third-order valence-electron chi connectivity index (χ3n) is 4.58. The Bertz CT molecular complexity index is 895. The average molecular weight is 351 g/mol. The van der Waals surface area contributed by atoms with Crippen molar-refractivity contribution in [1.29, 1.82) is 0 Å². The molecule has 25 heavy (non-hydrogen) atoms. The molecule has 4 rings (SSSR count). The molecular formula is C20H21N3OS. The number of fused-ring (bicyclic) bond motifs is 1. The summed E-state index contributed by atoms with van der Waals surface area (Å²) < 4.78 is 1.13. The number of carbonyl (C=O) groups is 1. The van der Waals surface area contributed by atoms with Gasteiger partial charge < -0.3 is 10.2 Å². The van der Waals surface area contributed by atoms with Crippen molar-refractivity contribution in [1.82, 2.24) is 9.88 Å². The first-order valence-electron chi connectivity index (χ1n) is 8.73. The monoisotopic (exact) mass is 351 g/mol. The van der Waals surface area contributed by atoms with Crippen molar-refractivity contribution < 1.29 is 4.79 Å². The van der Waals surface area contributed by atoms with E-state index in [1.807, 2.05) is 23.1 Å². The van der Waals surface area contributed by atoms with Crippen molar-refractivity contribution in [2.75, 3.05) is 18.4 Å². The number of hydrogen-bond acceptors (Lipinski definition) is 3. The highest BCUT2D eigenvalue weighted by atomic mass is 32.1. The Hall–Kier alpha value is -2.40. The fourth-order valence-corrected chi connectivity index (χ4v) is 4.08. The molecule has 0 bridgehead atoms. The molecule has 1 aliphatic rings. The van der Waals surface area contributed by atoms with Crippen LogP contribution in [0, 0.1) is 6.92 Å². The van der Waals surface area contributed by atoms with Gasteiger partial charge in [-0.3, -0.25) is 0 Å². The molecule has 1 aliphatic heterocycles. The number of amides is 2. The number of carbonyl (C=O) groups excluding carboxylic acids is 1. The molecule has 0 aliphatic carbocycles. The van der Waals surface area contributed by atoms with E-state index < -0.39 is 0 Å². The molecule has 1 saturated heterocycles. The zero-order chi connectivity index (χ0) is 17.2. The van der Waals surface area contributed by atoms with Crippen LogP contribution in [0.25, 0.3) is 20.8 Å². The first kappa shape index (κ1) is 16.1. The predicted octanol–water partition coefficient (Wildman–Crippen LogP) is 5.29. The highest BCUT2D eigenvalue weighted by Crippen LogP contribution is 2.31. The topological polar surface area (TPSA) is 45.2 Å². The maximum Gasteiger partial charge on any atom is 0.321 e. The number of urea groups is 1. The first-order valence-corrected chi connectivity index (χ1v) is 9.54. The molecule has 0 radical (unpaired) electrons. The van der Waals surface area contributed by atoms with E-state index >= 15 is 0 Å². The van der Waals surface area contributed by atoms with Gasteiger partial charge in [-0.2, -0.15) is 0 Å². The molecule has 128 valence electrons. The summed E-state index contributed by atoms with van der Waals surface area (Å²) in [6, 6.07) is 14.4. The smallest absolute Gasteiger partial charge is 0.321 e. The molecule has 3 aromatic rings. The van der Waals surface area contributed by atoms with E-state index in [2.05, 4.69) is 36.5 Å². The standard InChI is InChI=1S/C20H21N3OS/c1-14-5-7-15(8-6-14)19-22-17-13-16(9-10-18(17)25-19)21-20(24)23-11-3-2-4-12-23/h5-10,13H,2-4,11-12H2,1H3,(H,21,24). The van der Waals surface area contributed by atoms with Gasteiger partial charge in [-0.25, -0.2) is 9.78 Å². The van der Waals surface area contributed by atoms with Gasteiger partial charge in [-0.1, -0.05) is 29.8 Å². The zero-order valence-corrected chi connectivity index (χ0v) is 15.1. The second-order valence-electron chi connectivity index (χ2n) is 6.55. The normalized spacial score (nSPS) is 14.7. The Labute approximate surface area is 151 Å². The molecule has 0 saturated carbocycles. The maximum atomic E-state index is 12.4. The van der Waals surface area contributed by atoms with Crippen molar-refractivity contribution >= 4 is 33.3 Å². The Kier molecular flexibility index (Phi) is 4.40. The van der Waals surface area contributed by atoms with E-state index in [1.165, 1.54) is 12.0 Å². The highest BCUT2D eigenvalue weighted by molar-refractivity contribution is 7.21. The lowest BCUT2D eigenvalue weighted by Crippen LogP contribution is -2.38. The van der Waals surface area contributed by atoms with E-state index in [0.29, 0.717) is 0 Å². The van der Waals surface area contributed by atoms with Crippen LogP contribution in [0.1, 0.15) is 24.8 Å². The number of piperidine rings is 1. The van der Waals surface area contributed by atoms with Gasteiger partial charge >= 0.3 is 6.03 Å². The molecule has 2 aromatic carbocycles. The van der Waals surface area contributed by atoms with E-state index in [1.54, 1.807) is 11.3 Å². The predicted molar refractivity (Wildman–Crippen MR) is 104 cm³/mol. The number of rotatable bonds is 2. The maximum absolute atomic E-state index is 12.4. The number of thiazole rings is 1. The first-order chi connectivity index (χ1) is 12.2. The van der Waals surface area contributed by atoms with Crippen LogP contribution in [0.2, 0.25) is 0 Å². The Morgan fingerprint density at radius 3 is 2.60 bits per heavy atom. The molecule has 4 nitrogen and oxygen atoms in total. The van der Waals surface area contributed by atoms with E-state index in [9.17, 15) is 4.79 Å². The van der Waals surface area contributed by atoms with Crippen molar-refractivity contribution in [3.8, 4) is 10.6 Å². The summed E-state index contributed by atoms with van der Waals surface area (Å²) in [4.78, 5) is 19.0. The molecule has 5 heteroatoms. The van der Waals surface area contributed by atoms with E-state index in [-0.39, 0.29) is 6.03 Å². The largest absolute Gasteiger partial charge is 0.325 e. The molecule has 2 heterocycles. The summed E-state index contributed by atoms with van der Waals surface area (Å²) in [5.41, 5.74) is 4.11. The summed E-state index contributed by atoms with van der Waals surface area (Å²) in [5.74, 6) is 0. The van der Waals surface area contributed by atoms with Crippen molar-refractivity contribution in [2.24, 2.45) is 0 Å². The number of nitrogens with zero attached hydrogens (tertiary/aromatic N) is 2. The molecule has 0 spiro atoms. The quantitative estimate of drug-likeness (QED) is 0.682. The molecule has 1 N–H and O–H groups in total. The van der Waals surface area contributed by atoms with Gasteiger partial charge in [0.2, 0.25) is 0 Å². The van der Waals surface area contributed by atoms with Crippen LogP contribution >= 0.6 is 11.3 Å². The fraction of sp³-hybridized carbons (Fsp3) is 0.300. The second kappa shape index (κ2) is 6.84. The fourth-order valence-electron chi connectivity index (χ4n) is 3.12. The minimum atomic E-state index is -0.00645. The molecule has 1 aromatic heterocycles. The van der Waals surface area contributed by atoms with E-state index in [0.717, 1.165) is 52.4 Å². The van der Waals surface area contributed by atoms with Gasteiger partial charge in [0.15, 0.2) is 0 Å². The van der Waals surface area contributed by atoms with Crippen LogP contribution in [-0.2, 0) is 0 Å². The minimum absolute atomic E-state index is 0.00645. The molecule has 2 amide bonds. The minimum Gasteiger partial charge on any atom is -0.325 e. The molecule has 1 fully saturated rings. The number of nitrogens with one attached hydrogen (secondary N) is 1. The lowest BCUT2D eigenvalue weighted by Gasteiger charge is -2.26. The third kappa shape index (κ3) is 3.51.